The Kier molecular flexibility index (Phi) is 4.22. The van der Waals surface area contributed by atoms with E-state index in [1.807, 2.05) is 12.1 Å². The summed E-state index contributed by atoms with van der Waals surface area (Å²) >= 11 is 11.1. The van der Waals surface area contributed by atoms with Gasteiger partial charge in [-0.3, -0.25) is 9.69 Å². The molecule has 1 amide bonds. The van der Waals surface area contributed by atoms with Gasteiger partial charge in [-0.1, -0.05) is 37.6 Å². The van der Waals surface area contributed by atoms with Crippen molar-refractivity contribution in [3.05, 3.63) is 40.5 Å². The van der Waals surface area contributed by atoms with Gasteiger partial charge >= 0.3 is 0 Å². The summed E-state index contributed by atoms with van der Waals surface area (Å²) in [5.41, 5.74) is 1.37. The van der Waals surface area contributed by atoms with E-state index < -0.39 is 0 Å². The zero-order valence-electron chi connectivity index (χ0n) is 10.8. The van der Waals surface area contributed by atoms with Gasteiger partial charge in [-0.15, -0.1) is 0 Å². The van der Waals surface area contributed by atoms with E-state index in [0.717, 1.165) is 5.56 Å². The van der Waals surface area contributed by atoms with Gasteiger partial charge in [0, 0.05) is 11.6 Å². The maximum absolute atomic E-state index is 12.2. The Balaban J connectivity index is 2.23. The lowest BCUT2D eigenvalue weighted by atomic mass is 10.2. The number of rotatable bonds is 3. The molecule has 0 spiro atoms. The monoisotopic (exact) mass is 294 g/mol. The number of nitrogens with one attached hydrogen (secondary N) is 1. The van der Waals surface area contributed by atoms with Crippen LogP contribution < -0.4 is 5.32 Å². The number of carbonyl (C=O) groups is 1. The molecule has 0 aromatic heterocycles. The summed E-state index contributed by atoms with van der Waals surface area (Å²) in [4.78, 5) is 13.8. The van der Waals surface area contributed by atoms with Crippen molar-refractivity contribution in [2.24, 2.45) is 5.92 Å². The van der Waals surface area contributed by atoms with Crippen LogP contribution in [-0.4, -0.2) is 22.5 Å². The zero-order chi connectivity index (χ0) is 14.0. The second-order valence-electron chi connectivity index (χ2n) is 4.85. The second-order valence-corrected chi connectivity index (χ2v) is 5.68. The second kappa shape index (κ2) is 5.72. The number of hydrogen-bond donors (Lipinski definition) is 1. The summed E-state index contributed by atoms with van der Waals surface area (Å²) in [5, 5.41) is 4.06. The standard InChI is InChI=1S/C14H15ClN2OS/c1-9(2)8-17-13(18)12(16-14(17)19)7-10-4-3-5-11(15)6-10/h3-7,9H,8H2,1-2H3,(H,16,19)/b12-7+. The van der Waals surface area contributed by atoms with E-state index in [4.69, 9.17) is 23.8 Å². The molecule has 100 valence electrons. The molecule has 1 saturated heterocycles. The molecular weight excluding hydrogens is 280 g/mol. The van der Waals surface area contributed by atoms with Gasteiger partial charge in [0.1, 0.15) is 5.70 Å². The van der Waals surface area contributed by atoms with Crippen LogP contribution in [-0.2, 0) is 4.79 Å². The Labute approximate surface area is 123 Å². The van der Waals surface area contributed by atoms with Crippen LogP contribution in [0.2, 0.25) is 5.02 Å². The Morgan fingerprint density at radius 3 is 2.84 bits per heavy atom. The predicted molar refractivity (Wildman–Crippen MR) is 81.7 cm³/mol. The molecule has 19 heavy (non-hydrogen) atoms. The van der Waals surface area contributed by atoms with Crippen molar-refractivity contribution < 1.29 is 4.79 Å². The average molecular weight is 295 g/mol. The van der Waals surface area contributed by atoms with Gasteiger partial charge in [-0.2, -0.15) is 0 Å². The van der Waals surface area contributed by atoms with Gasteiger partial charge in [0.05, 0.1) is 0 Å². The molecule has 1 aromatic rings. The third kappa shape index (κ3) is 3.33. The lowest BCUT2D eigenvalue weighted by Crippen LogP contribution is -2.33. The molecular formula is C14H15ClN2OS. The Morgan fingerprint density at radius 1 is 1.47 bits per heavy atom. The highest BCUT2D eigenvalue weighted by atomic mass is 35.5. The van der Waals surface area contributed by atoms with Gasteiger partial charge in [-0.25, -0.2) is 0 Å². The maximum Gasteiger partial charge on any atom is 0.276 e. The van der Waals surface area contributed by atoms with Crippen LogP contribution in [0.1, 0.15) is 19.4 Å². The fraction of sp³-hybridized carbons (Fsp3) is 0.286. The van der Waals surface area contributed by atoms with Crippen molar-refractivity contribution in [1.82, 2.24) is 10.2 Å². The van der Waals surface area contributed by atoms with Gasteiger partial charge in [0.15, 0.2) is 5.11 Å². The van der Waals surface area contributed by atoms with Gasteiger partial charge < -0.3 is 5.32 Å². The summed E-state index contributed by atoms with van der Waals surface area (Å²) < 4.78 is 0. The average Bonchev–Trinajstić information content (AvgIpc) is 2.57. The Hall–Kier alpha value is -1.39. The fourth-order valence-electron chi connectivity index (χ4n) is 1.87. The molecule has 1 fully saturated rings. The highest BCUT2D eigenvalue weighted by Gasteiger charge is 2.30. The summed E-state index contributed by atoms with van der Waals surface area (Å²) in [6, 6.07) is 7.33. The summed E-state index contributed by atoms with van der Waals surface area (Å²) in [5.74, 6) is 0.285. The SMILES string of the molecule is CC(C)CN1C(=O)/C(=C\c2cccc(Cl)c2)NC1=S. The predicted octanol–water partition coefficient (Wildman–Crippen LogP) is 3.05. The molecule has 0 aliphatic carbocycles. The first-order chi connectivity index (χ1) is 8.97. The number of thiocarbonyl (C=S) groups is 1. The van der Waals surface area contributed by atoms with E-state index in [1.165, 1.54) is 0 Å². The molecule has 2 rings (SSSR count). The lowest BCUT2D eigenvalue weighted by molar-refractivity contribution is -0.122. The van der Waals surface area contributed by atoms with E-state index >= 15 is 0 Å². The van der Waals surface area contributed by atoms with Crippen molar-refractivity contribution in [3.63, 3.8) is 0 Å². The first-order valence-electron chi connectivity index (χ1n) is 6.07. The smallest absolute Gasteiger partial charge is 0.276 e. The summed E-state index contributed by atoms with van der Waals surface area (Å²) in [6.45, 7) is 4.72. The topological polar surface area (TPSA) is 32.3 Å². The van der Waals surface area contributed by atoms with Gasteiger partial charge in [0.25, 0.3) is 5.91 Å². The zero-order valence-corrected chi connectivity index (χ0v) is 12.4. The van der Waals surface area contributed by atoms with Crippen molar-refractivity contribution in [2.45, 2.75) is 13.8 Å². The van der Waals surface area contributed by atoms with Crippen molar-refractivity contribution in [2.75, 3.05) is 6.54 Å². The molecule has 1 aromatic carbocycles. The number of amides is 1. The normalized spacial score (nSPS) is 17.5. The van der Waals surface area contributed by atoms with Gasteiger partial charge in [0.2, 0.25) is 0 Å². The first kappa shape index (κ1) is 14.0. The molecule has 3 nitrogen and oxygen atoms in total. The molecule has 5 heteroatoms. The van der Waals surface area contributed by atoms with Crippen LogP contribution in [0.15, 0.2) is 30.0 Å². The minimum absolute atomic E-state index is 0.0846. The third-order valence-electron chi connectivity index (χ3n) is 2.67. The molecule has 0 bridgehead atoms. The summed E-state index contributed by atoms with van der Waals surface area (Å²) in [6.07, 6.45) is 1.76. The van der Waals surface area contributed by atoms with Crippen LogP contribution in [0.5, 0.6) is 0 Å². The van der Waals surface area contributed by atoms with E-state index in [1.54, 1.807) is 23.1 Å². The summed E-state index contributed by atoms with van der Waals surface area (Å²) in [7, 11) is 0. The maximum atomic E-state index is 12.2. The molecule has 0 atom stereocenters. The van der Waals surface area contributed by atoms with E-state index in [0.29, 0.717) is 28.3 Å². The molecule has 1 N–H and O–H groups in total. The molecule has 0 saturated carbocycles. The van der Waals surface area contributed by atoms with E-state index in [2.05, 4.69) is 19.2 Å². The van der Waals surface area contributed by atoms with Crippen LogP contribution in [0.4, 0.5) is 0 Å². The number of benzene rings is 1. The molecule has 1 heterocycles. The molecule has 1 aliphatic rings. The highest BCUT2D eigenvalue weighted by molar-refractivity contribution is 7.80. The van der Waals surface area contributed by atoms with Crippen molar-refractivity contribution in [3.8, 4) is 0 Å². The first-order valence-corrected chi connectivity index (χ1v) is 6.86. The third-order valence-corrected chi connectivity index (χ3v) is 3.23. The number of nitrogens with zero attached hydrogens (tertiary/aromatic N) is 1. The van der Waals surface area contributed by atoms with Crippen molar-refractivity contribution >= 4 is 40.9 Å². The van der Waals surface area contributed by atoms with Crippen LogP contribution >= 0.6 is 23.8 Å². The quantitative estimate of drug-likeness (QED) is 0.687. The van der Waals surface area contributed by atoms with Crippen molar-refractivity contribution in [1.29, 1.82) is 0 Å². The van der Waals surface area contributed by atoms with Crippen LogP contribution in [0, 0.1) is 5.92 Å². The number of hydrogen-bond acceptors (Lipinski definition) is 2. The highest BCUT2D eigenvalue weighted by Crippen LogP contribution is 2.17. The van der Waals surface area contributed by atoms with Crippen LogP contribution in [0.25, 0.3) is 6.08 Å². The Morgan fingerprint density at radius 2 is 2.21 bits per heavy atom. The molecule has 1 aliphatic heterocycles. The lowest BCUT2D eigenvalue weighted by Gasteiger charge is -2.15. The minimum Gasteiger partial charge on any atom is -0.328 e. The van der Waals surface area contributed by atoms with E-state index in [-0.39, 0.29) is 5.91 Å². The number of halogens is 1. The molecule has 0 unspecified atom stereocenters. The fourth-order valence-corrected chi connectivity index (χ4v) is 2.33. The Bertz CT molecular complexity index is 554. The minimum atomic E-state index is -0.0846. The van der Waals surface area contributed by atoms with Crippen LogP contribution in [0.3, 0.4) is 0 Å². The largest absolute Gasteiger partial charge is 0.328 e. The number of carbonyl (C=O) groups excluding carboxylic acids is 1. The van der Waals surface area contributed by atoms with E-state index in [9.17, 15) is 4.79 Å². The van der Waals surface area contributed by atoms with Gasteiger partial charge in [-0.05, 0) is 41.9 Å². The molecule has 0 radical (unpaired) electrons.